The average Bonchev–Trinajstić information content (AvgIpc) is 3.43. The fourth-order valence-electron chi connectivity index (χ4n) is 4.52. The van der Waals surface area contributed by atoms with Crippen LogP contribution in [0.4, 0.5) is 18.4 Å². The van der Waals surface area contributed by atoms with Crippen molar-refractivity contribution in [1.29, 1.82) is 0 Å². The van der Waals surface area contributed by atoms with Crippen molar-refractivity contribution in [3.8, 4) is 23.0 Å². The Labute approximate surface area is 254 Å². The molecule has 1 saturated heterocycles. The third-order valence-electron chi connectivity index (χ3n) is 6.70. The molecular weight excluding hydrogens is 582 g/mol. The van der Waals surface area contributed by atoms with Gasteiger partial charge in [-0.05, 0) is 84.9 Å². The Hall–Kier alpha value is -4.10. The molecule has 1 aromatic carbocycles. The molecule has 242 valence electrons. The minimum atomic E-state index is -3.05. The lowest BCUT2D eigenvalue weighted by atomic mass is 10.2. The zero-order valence-corrected chi connectivity index (χ0v) is 25.8. The number of rotatable bonds is 11. The summed E-state index contributed by atoms with van der Waals surface area (Å²) in [6.07, 6.45) is 0.900. The van der Waals surface area contributed by atoms with Gasteiger partial charge in [-0.25, -0.2) is 14.6 Å². The fraction of sp³-hybridized carbons (Fsp3) is 0.600. The summed E-state index contributed by atoms with van der Waals surface area (Å²) in [6, 6.07) is 3.09. The van der Waals surface area contributed by atoms with Gasteiger partial charge in [0.2, 0.25) is 5.89 Å². The first-order valence-electron chi connectivity index (χ1n) is 14.7. The van der Waals surface area contributed by atoms with Gasteiger partial charge < -0.3 is 38.9 Å². The summed E-state index contributed by atoms with van der Waals surface area (Å²) < 4.78 is 53.1. The maximum absolute atomic E-state index is 13.8. The topological polar surface area (TPSA) is 141 Å². The Kier molecular flexibility index (Phi) is 10.2. The van der Waals surface area contributed by atoms with Gasteiger partial charge in [0.25, 0.3) is 5.91 Å². The van der Waals surface area contributed by atoms with Gasteiger partial charge in [0.15, 0.2) is 23.0 Å². The number of halogens is 2. The molecule has 14 heteroatoms. The van der Waals surface area contributed by atoms with Crippen molar-refractivity contribution in [2.24, 2.45) is 5.92 Å². The standard InChI is InChI=1S/C30H40F2N4O8/c1-16(2)41-28(38)34-20-11-12-36(14-20)26(37)23-24(17(3)33-29(39)44-30(4,5)6)43-25(35-23)19-9-10-21(42-27(31)32)22(13-19)40-15-18-7-8-18/h9-10,13,16-18,20,27H,7-8,11-12,14-15H2,1-6H3,(H,33,39)(H,34,38)/t17-,20+/m0/s1. The summed E-state index contributed by atoms with van der Waals surface area (Å²) in [6.45, 7) is 8.09. The largest absolute Gasteiger partial charge is 0.489 e. The minimum absolute atomic E-state index is 0.00967. The highest BCUT2D eigenvalue weighted by atomic mass is 19.3. The summed E-state index contributed by atoms with van der Waals surface area (Å²) in [4.78, 5) is 44.4. The number of oxazole rings is 1. The molecule has 44 heavy (non-hydrogen) atoms. The van der Waals surface area contributed by atoms with Crippen LogP contribution in [0.3, 0.4) is 0 Å². The van der Waals surface area contributed by atoms with Gasteiger partial charge in [-0.2, -0.15) is 8.78 Å². The number of nitrogens with zero attached hydrogens (tertiary/aromatic N) is 2. The lowest BCUT2D eigenvalue weighted by molar-refractivity contribution is -0.0515. The van der Waals surface area contributed by atoms with Gasteiger partial charge in [-0.3, -0.25) is 4.79 Å². The Morgan fingerprint density at radius 1 is 1.09 bits per heavy atom. The molecule has 0 bridgehead atoms. The molecule has 1 aliphatic carbocycles. The average molecular weight is 623 g/mol. The number of ether oxygens (including phenoxy) is 4. The van der Waals surface area contributed by atoms with E-state index in [1.54, 1.807) is 41.5 Å². The van der Waals surface area contributed by atoms with Crippen molar-refractivity contribution < 1.29 is 46.5 Å². The Morgan fingerprint density at radius 2 is 1.82 bits per heavy atom. The third kappa shape index (κ3) is 9.20. The monoisotopic (exact) mass is 622 g/mol. The molecule has 0 unspecified atom stereocenters. The predicted molar refractivity (Wildman–Crippen MR) is 154 cm³/mol. The van der Waals surface area contributed by atoms with Crippen molar-refractivity contribution in [3.05, 3.63) is 29.7 Å². The van der Waals surface area contributed by atoms with E-state index in [9.17, 15) is 23.2 Å². The van der Waals surface area contributed by atoms with E-state index in [0.717, 1.165) is 12.8 Å². The van der Waals surface area contributed by atoms with Gasteiger partial charge in [0.05, 0.1) is 24.8 Å². The number of nitrogens with one attached hydrogen (secondary N) is 2. The van der Waals surface area contributed by atoms with Crippen LogP contribution in [0.15, 0.2) is 22.6 Å². The van der Waals surface area contributed by atoms with Crippen LogP contribution in [0, 0.1) is 5.92 Å². The number of likely N-dealkylation sites (tertiary alicyclic amines) is 1. The van der Waals surface area contributed by atoms with Crippen molar-refractivity contribution in [1.82, 2.24) is 20.5 Å². The molecule has 1 aliphatic heterocycles. The Morgan fingerprint density at radius 3 is 2.45 bits per heavy atom. The lowest BCUT2D eigenvalue weighted by Gasteiger charge is -2.22. The lowest BCUT2D eigenvalue weighted by Crippen LogP contribution is -2.40. The molecule has 3 amide bonds. The van der Waals surface area contributed by atoms with Crippen LogP contribution in [0.25, 0.3) is 11.5 Å². The van der Waals surface area contributed by atoms with E-state index in [-0.39, 0.29) is 47.5 Å². The summed E-state index contributed by atoms with van der Waals surface area (Å²) in [5.41, 5.74) is -0.468. The highest BCUT2D eigenvalue weighted by molar-refractivity contribution is 5.94. The second kappa shape index (κ2) is 13.7. The maximum Gasteiger partial charge on any atom is 0.408 e. The van der Waals surface area contributed by atoms with E-state index in [1.807, 2.05) is 0 Å². The number of hydrogen-bond acceptors (Lipinski definition) is 9. The zero-order valence-electron chi connectivity index (χ0n) is 25.8. The molecule has 4 rings (SSSR count). The number of alkyl halides is 2. The van der Waals surface area contributed by atoms with Crippen LogP contribution in [0.5, 0.6) is 11.5 Å². The number of aromatic nitrogens is 1. The first-order valence-corrected chi connectivity index (χ1v) is 14.7. The van der Waals surface area contributed by atoms with E-state index in [0.29, 0.717) is 31.1 Å². The second-order valence-electron chi connectivity index (χ2n) is 12.2. The molecule has 2 N–H and O–H groups in total. The molecule has 2 fully saturated rings. The predicted octanol–water partition coefficient (Wildman–Crippen LogP) is 5.67. The molecule has 2 aromatic rings. The highest BCUT2D eigenvalue weighted by Crippen LogP contribution is 2.37. The van der Waals surface area contributed by atoms with Crippen LogP contribution in [-0.2, 0) is 9.47 Å². The number of benzene rings is 1. The molecule has 12 nitrogen and oxygen atoms in total. The normalized spacial score (nSPS) is 17.4. The van der Waals surface area contributed by atoms with E-state index in [4.69, 9.17) is 18.6 Å². The van der Waals surface area contributed by atoms with E-state index in [1.165, 1.54) is 23.1 Å². The highest BCUT2D eigenvalue weighted by Gasteiger charge is 2.34. The zero-order chi connectivity index (χ0) is 32.2. The second-order valence-corrected chi connectivity index (χ2v) is 12.2. The summed E-state index contributed by atoms with van der Waals surface area (Å²) in [5, 5.41) is 5.43. The maximum atomic E-state index is 13.8. The third-order valence-corrected chi connectivity index (χ3v) is 6.70. The van der Waals surface area contributed by atoms with E-state index < -0.39 is 36.3 Å². The van der Waals surface area contributed by atoms with Crippen molar-refractivity contribution >= 4 is 18.1 Å². The summed E-state index contributed by atoms with van der Waals surface area (Å²) >= 11 is 0. The summed E-state index contributed by atoms with van der Waals surface area (Å²) in [7, 11) is 0. The van der Waals surface area contributed by atoms with Gasteiger partial charge in [0.1, 0.15) is 5.60 Å². The SMILES string of the molecule is CC(C)OC(=O)N[C@@H]1CCN(C(=O)c2nc(-c3ccc(OC(F)F)c(OCC4CC4)c3)oc2[C@H](C)NC(=O)OC(C)(C)C)C1. The molecule has 2 aliphatic rings. The van der Waals surface area contributed by atoms with Crippen LogP contribution in [0.2, 0.25) is 0 Å². The minimum Gasteiger partial charge on any atom is -0.489 e. The molecular formula is C30H40F2N4O8. The van der Waals surface area contributed by atoms with Crippen LogP contribution in [-0.4, -0.2) is 72.0 Å². The number of carbonyl (C=O) groups is 3. The van der Waals surface area contributed by atoms with Crippen molar-refractivity contribution in [3.63, 3.8) is 0 Å². The van der Waals surface area contributed by atoms with Crippen molar-refractivity contribution in [2.45, 2.75) is 91.2 Å². The molecule has 2 heterocycles. The molecule has 1 saturated carbocycles. The Bertz CT molecular complexity index is 1340. The first kappa shape index (κ1) is 32.8. The van der Waals surface area contributed by atoms with Gasteiger partial charge in [-0.1, -0.05) is 0 Å². The number of amides is 3. The summed E-state index contributed by atoms with van der Waals surface area (Å²) in [5.74, 6) is -0.100. The fourth-order valence-corrected chi connectivity index (χ4v) is 4.52. The van der Waals surface area contributed by atoms with Gasteiger partial charge >= 0.3 is 18.8 Å². The molecule has 0 spiro atoms. The van der Waals surface area contributed by atoms with Crippen LogP contribution < -0.4 is 20.1 Å². The quantitative estimate of drug-likeness (QED) is 0.324. The molecule has 0 radical (unpaired) electrons. The van der Waals surface area contributed by atoms with Gasteiger partial charge in [-0.15, -0.1) is 0 Å². The van der Waals surface area contributed by atoms with E-state index in [2.05, 4.69) is 20.4 Å². The molecule has 1 aromatic heterocycles. The van der Waals surface area contributed by atoms with Crippen LogP contribution >= 0.6 is 0 Å². The van der Waals surface area contributed by atoms with Crippen LogP contribution in [0.1, 0.15) is 83.1 Å². The number of hydrogen-bond donors (Lipinski definition) is 2. The smallest absolute Gasteiger partial charge is 0.408 e. The van der Waals surface area contributed by atoms with E-state index >= 15 is 0 Å². The number of carbonyl (C=O) groups excluding carboxylic acids is 3. The van der Waals surface area contributed by atoms with Crippen molar-refractivity contribution in [2.75, 3.05) is 19.7 Å². The van der Waals surface area contributed by atoms with Gasteiger partial charge in [0, 0.05) is 18.7 Å². The molecule has 2 atom stereocenters. The number of alkyl carbamates (subject to hydrolysis) is 2. The first-order chi connectivity index (χ1) is 20.7. The Balaban J connectivity index is 1.61.